The van der Waals surface area contributed by atoms with Gasteiger partial charge in [0.15, 0.2) is 0 Å². The number of benzene rings is 2. The molecule has 0 unspecified atom stereocenters. The number of carbonyl (C=O) groups is 1. The van der Waals surface area contributed by atoms with Crippen molar-refractivity contribution in [3.8, 4) is 29.5 Å². The minimum absolute atomic E-state index is 0.163. The predicted molar refractivity (Wildman–Crippen MR) is 94.4 cm³/mol. The third-order valence-electron chi connectivity index (χ3n) is 3.81. The van der Waals surface area contributed by atoms with E-state index >= 15 is 0 Å². The van der Waals surface area contributed by atoms with Crippen LogP contribution in [-0.4, -0.2) is 33.9 Å². The Bertz CT molecular complexity index is 999. The molecule has 3 aromatic rings. The van der Waals surface area contributed by atoms with E-state index in [4.69, 9.17) is 22.0 Å². The molecule has 0 amide bonds. The number of nitrogens with two attached hydrogens (primary N) is 1. The second-order valence-electron chi connectivity index (χ2n) is 5.38. The molecular formula is C19H16N2O4. The highest BCUT2D eigenvalue weighted by Crippen LogP contribution is 2.30. The van der Waals surface area contributed by atoms with Crippen molar-refractivity contribution in [3.05, 3.63) is 53.7 Å². The maximum absolute atomic E-state index is 11.1. The van der Waals surface area contributed by atoms with Crippen molar-refractivity contribution in [2.75, 3.05) is 13.2 Å². The molecule has 25 heavy (non-hydrogen) atoms. The van der Waals surface area contributed by atoms with Crippen LogP contribution in [0.3, 0.4) is 0 Å². The zero-order chi connectivity index (χ0) is 18.0. The minimum Gasteiger partial charge on any atom is -0.507 e. The Morgan fingerprint density at radius 1 is 1.28 bits per heavy atom. The normalized spacial score (nSPS) is 10.6. The molecule has 4 N–H and O–H groups in total. The number of aromatic nitrogens is 1. The number of carboxylic acid groups (broad SMARTS) is 1. The maximum atomic E-state index is 11.1. The van der Waals surface area contributed by atoms with Crippen LogP contribution >= 0.6 is 0 Å². The van der Waals surface area contributed by atoms with E-state index in [0.717, 1.165) is 10.9 Å². The highest BCUT2D eigenvalue weighted by Gasteiger charge is 2.14. The second-order valence-corrected chi connectivity index (χ2v) is 5.38. The molecule has 0 aliphatic rings. The molecule has 0 radical (unpaired) electrons. The summed E-state index contributed by atoms with van der Waals surface area (Å²) in [5.74, 6) is 1.77. The van der Waals surface area contributed by atoms with Gasteiger partial charge in [-0.05, 0) is 24.3 Å². The molecule has 0 aliphatic carbocycles. The van der Waals surface area contributed by atoms with Gasteiger partial charge in [-0.1, -0.05) is 5.92 Å². The highest BCUT2D eigenvalue weighted by molar-refractivity contribution is 5.92. The Labute approximate surface area is 144 Å². The summed E-state index contributed by atoms with van der Waals surface area (Å²) in [6.07, 6.45) is 7.34. The van der Waals surface area contributed by atoms with Crippen LogP contribution in [0.2, 0.25) is 0 Å². The van der Waals surface area contributed by atoms with Crippen LogP contribution < -0.4 is 10.5 Å². The number of phenols is 1. The van der Waals surface area contributed by atoms with Gasteiger partial charge in [-0.15, -0.1) is 6.42 Å². The molecule has 6 heteroatoms. The van der Waals surface area contributed by atoms with E-state index in [1.807, 2.05) is 18.2 Å². The molecule has 0 atom stereocenters. The number of carboxylic acids is 1. The first kappa shape index (κ1) is 16.4. The van der Waals surface area contributed by atoms with Gasteiger partial charge in [0.2, 0.25) is 0 Å². The predicted octanol–water partition coefficient (Wildman–Crippen LogP) is 2.35. The molecule has 0 aliphatic heterocycles. The Morgan fingerprint density at radius 2 is 2.08 bits per heavy atom. The molecule has 2 aromatic carbocycles. The van der Waals surface area contributed by atoms with Crippen molar-refractivity contribution >= 4 is 16.9 Å². The van der Waals surface area contributed by atoms with Gasteiger partial charge in [0, 0.05) is 35.9 Å². The smallest absolute Gasteiger partial charge is 0.339 e. The first-order valence-electron chi connectivity index (χ1n) is 7.56. The van der Waals surface area contributed by atoms with Crippen LogP contribution in [0.1, 0.15) is 15.9 Å². The average Bonchev–Trinajstić information content (AvgIpc) is 2.97. The summed E-state index contributed by atoms with van der Waals surface area (Å²) in [6, 6.07) is 9.84. The summed E-state index contributed by atoms with van der Waals surface area (Å²) >= 11 is 0. The molecule has 0 saturated heterocycles. The second kappa shape index (κ2) is 6.59. The first-order valence-corrected chi connectivity index (χ1v) is 7.56. The van der Waals surface area contributed by atoms with Crippen LogP contribution in [0.5, 0.6) is 11.5 Å². The number of terminal acetylenes is 1. The van der Waals surface area contributed by atoms with Crippen molar-refractivity contribution in [1.82, 2.24) is 4.57 Å². The van der Waals surface area contributed by atoms with Gasteiger partial charge in [-0.3, -0.25) is 0 Å². The molecule has 1 heterocycles. The van der Waals surface area contributed by atoms with Gasteiger partial charge in [0.25, 0.3) is 0 Å². The fourth-order valence-electron chi connectivity index (χ4n) is 2.65. The summed E-state index contributed by atoms with van der Waals surface area (Å²) in [7, 11) is 0. The number of fused-ring (bicyclic) bond motifs is 1. The van der Waals surface area contributed by atoms with Crippen LogP contribution in [0.25, 0.3) is 16.6 Å². The quantitative estimate of drug-likeness (QED) is 0.621. The van der Waals surface area contributed by atoms with Gasteiger partial charge in [0.1, 0.15) is 23.7 Å². The lowest BCUT2D eigenvalue weighted by atomic mass is 10.1. The average molecular weight is 336 g/mol. The van der Waals surface area contributed by atoms with E-state index in [2.05, 4.69) is 5.92 Å². The largest absolute Gasteiger partial charge is 0.507 e. The van der Waals surface area contributed by atoms with Crippen molar-refractivity contribution in [2.45, 2.75) is 0 Å². The molecular weight excluding hydrogens is 320 g/mol. The fraction of sp³-hybridized carbons (Fsp3) is 0.105. The third kappa shape index (κ3) is 3.01. The monoisotopic (exact) mass is 336 g/mol. The summed E-state index contributed by atoms with van der Waals surface area (Å²) in [5, 5.41) is 19.8. The summed E-state index contributed by atoms with van der Waals surface area (Å²) in [5.41, 5.74) is 7.35. The highest BCUT2D eigenvalue weighted by atomic mass is 16.5. The molecule has 0 saturated carbocycles. The Kier molecular flexibility index (Phi) is 4.33. The lowest BCUT2D eigenvalue weighted by Crippen LogP contribution is -2.10. The SMILES string of the molecule is C#Cc1cn(-c2ccc(C(=O)O)c(O)c2)c2cc(OCCN)ccc12. The van der Waals surface area contributed by atoms with Gasteiger partial charge >= 0.3 is 5.97 Å². The van der Waals surface area contributed by atoms with E-state index < -0.39 is 5.97 Å². The van der Waals surface area contributed by atoms with E-state index in [0.29, 0.717) is 30.2 Å². The van der Waals surface area contributed by atoms with Gasteiger partial charge < -0.3 is 25.3 Å². The Balaban J connectivity index is 2.16. The van der Waals surface area contributed by atoms with Crippen molar-refractivity contribution in [3.63, 3.8) is 0 Å². The van der Waals surface area contributed by atoms with E-state index in [9.17, 15) is 9.90 Å². The standard InChI is InChI=1S/C19H16N2O4/c1-2-12-11-21(13-3-5-16(19(23)24)18(22)9-13)17-10-14(25-8-7-20)4-6-15(12)17/h1,3-6,9-11,22H,7-8,20H2,(H,23,24). The Hall–Kier alpha value is -3.43. The van der Waals surface area contributed by atoms with Crippen LogP contribution in [-0.2, 0) is 0 Å². The Morgan fingerprint density at radius 3 is 2.72 bits per heavy atom. The van der Waals surface area contributed by atoms with Gasteiger partial charge in [0.05, 0.1) is 11.1 Å². The number of nitrogens with zero attached hydrogens (tertiary/aromatic N) is 1. The number of ether oxygens (including phenoxy) is 1. The van der Waals surface area contributed by atoms with Gasteiger partial charge in [-0.25, -0.2) is 4.79 Å². The topological polar surface area (TPSA) is 97.7 Å². The number of hydrogen-bond acceptors (Lipinski definition) is 4. The van der Waals surface area contributed by atoms with Crippen LogP contribution in [0.4, 0.5) is 0 Å². The number of hydrogen-bond donors (Lipinski definition) is 3. The van der Waals surface area contributed by atoms with E-state index in [-0.39, 0.29) is 11.3 Å². The van der Waals surface area contributed by atoms with E-state index in [1.165, 1.54) is 12.1 Å². The molecule has 3 rings (SSSR count). The van der Waals surface area contributed by atoms with Crippen LogP contribution in [0.15, 0.2) is 42.6 Å². The molecule has 6 nitrogen and oxygen atoms in total. The first-order chi connectivity index (χ1) is 12.0. The lowest BCUT2D eigenvalue weighted by Gasteiger charge is -2.09. The van der Waals surface area contributed by atoms with Crippen LogP contribution in [0, 0.1) is 12.3 Å². The van der Waals surface area contributed by atoms with Crippen molar-refractivity contribution in [2.24, 2.45) is 5.73 Å². The minimum atomic E-state index is -1.19. The molecule has 0 spiro atoms. The lowest BCUT2D eigenvalue weighted by molar-refractivity contribution is 0.0694. The zero-order valence-electron chi connectivity index (χ0n) is 13.3. The van der Waals surface area contributed by atoms with Gasteiger partial charge in [-0.2, -0.15) is 0 Å². The summed E-state index contributed by atoms with van der Waals surface area (Å²) < 4.78 is 7.34. The van der Waals surface area contributed by atoms with E-state index in [1.54, 1.807) is 16.8 Å². The van der Waals surface area contributed by atoms with Crippen molar-refractivity contribution < 1.29 is 19.7 Å². The molecule has 0 bridgehead atoms. The maximum Gasteiger partial charge on any atom is 0.339 e. The molecule has 1 aromatic heterocycles. The molecule has 126 valence electrons. The number of aromatic hydroxyl groups is 1. The van der Waals surface area contributed by atoms with Crippen molar-refractivity contribution in [1.29, 1.82) is 0 Å². The fourth-order valence-corrected chi connectivity index (χ4v) is 2.65. The third-order valence-corrected chi connectivity index (χ3v) is 3.81. The summed E-state index contributed by atoms with van der Waals surface area (Å²) in [6.45, 7) is 0.793. The summed E-state index contributed by atoms with van der Waals surface area (Å²) in [4.78, 5) is 11.1. The zero-order valence-corrected chi connectivity index (χ0v) is 13.3. The number of aromatic carboxylic acids is 1. The number of rotatable bonds is 5. The molecule has 0 fully saturated rings.